The Morgan fingerprint density at radius 1 is 1.53 bits per heavy atom. The number of nitrogens with one attached hydrogen (secondary N) is 1. The van der Waals surface area contributed by atoms with Crippen molar-refractivity contribution in [3.8, 4) is 0 Å². The molecule has 1 aliphatic rings. The Morgan fingerprint density at radius 2 is 2.26 bits per heavy atom. The van der Waals surface area contributed by atoms with Crippen LogP contribution in [0.1, 0.15) is 33.1 Å². The summed E-state index contributed by atoms with van der Waals surface area (Å²) in [7, 11) is -3.59. The predicted octanol–water partition coefficient (Wildman–Crippen LogP) is 1.06. The Balaban J connectivity index is 2.24. The summed E-state index contributed by atoms with van der Waals surface area (Å²) >= 11 is 0.884. The monoisotopic (exact) mass is 304 g/mol. The second-order valence-electron chi connectivity index (χ2n) is 4.37. The highest BCUT2D eigenvalue weighted by Gasteiger charge is 2.36. The maximum absolute atomic E-state index is 12.4. The number of rotatable bonds is 4. The fourth-order valence-corrected chi connectivity index (χ4v) is 4.98. The molecule has 0 radical (unpaired) electrons. The van der Waals surface area contributed by atoms with Crippen LogP contribution in [0.5, 0.6) is 0 Å². The van der Waals surface area contributed by atoms with Crippen molar-refractivity contribution >= 4 is 32.4 Å². The van der Waals surface area contributed by atoms with Crippen molar-refractivity contribution < 1.29 is 13.2 Å². The van der Waals surface area contributed by atoms with Gasteiger partial charge in [0.1, 0.15) is 0 Å². The van der Waals surface area contributed by atoms with Crippen molar-refractivity contribution in [2.45, 2.75) is 43.5 Å². The maximum atomic E-state index is 12.4. The Labute approximate surface area is 116 Å². The van der Waals surface area contributed by atoms with Gasteiger partial charge in [0.15, 0.2) is 0 Å². The van der Waals surface area contributed by atoms with E-state index in [0.29, 0.717) is 6.54 Å². The largest absolute Gasteiger partial charge is 0.301 e. The molecule has 1 aromatic rings. The zero-order chi connectivity index (χ0) is 14.0. The number of anilines is 1. The number of amides is 1. The first-order valence-corrected chi connectivity index (χ1v) is 8.33. The Morgan fingerprint density at radius 3 is 2.89 bits per heavy atom. The first kappa shape index (κ1) is 14.4. The molecule has 7 nitrogen and oxygen atoms in total. The summed E-state index contributed by atoms with van der Waals surface area (Å²) in [5, 5.41) is 10.00. The van der Waals surface area contributed by atoms with Crippen LogP contribution in [-0.4, -0.2) is 41.4 Å². The topological polar surface area (TPSA) is 92.3 Å². The number of carbonyl (C=O) groups excluding carboxylic acids is 1. The van der Waals surface area contributed by atoms with Crippen molar-refractivity contribution in [3.63, 3.8) is 0 Å². The summed E-state index contributed by atoms with van der Waals surface area (Å²) in [4.78, 5) is 10.9. The SMILES string of the molecule is CCC1CCCN1S(=O)(=O)c1nnc(NC(C)=O)s1. The third kappa shape index (κ3) is 2.93. The predicted molar refractivity (Wildman–Crippen MR) is 71.4 cm³/mol. The first-order chi connectivity index (χ1) is 8.95. The van der Waals surface area contributed by atoms with Crippen molar-refractivity contribution in [2.24, 2.45) is 0 Å². The van der Waals surface area contributed by atoms with Crippen molar-refractivity contribution in [1.29, 1.82) is 0 Å². The molecule has 9 heteroatoms. The third-order valence-corrected chi connectivity index (χ3v) is 6.15. The highest BCUT2D eigenvalue weighted by atomic mass is 32.2. The van der Waals surface area contributed by atoms with E-state index >= 15 is 0 Å². The summed E-state index contributed by atoms with van der Waals surface area (Å²) in [5.41, 5.74) is 0. The average molecular weight is 304 g/mol. The van der Waals surface area contributed by atoms with Crippen molar-refractivity contribution in [2.75, 3.05) is 11.9 Å². The van der Waals surface area contributed by atoms with Gasteiger partial charge in [0.05, 0.1) is 0 Å². The molecule has 0 aromatic carbocycles. The van der Waals surface area contributed by atoms with Gasteiger partial charge in [-0.25, -0.2) is 8.42 Å². The summed E-state index contributed by atoms with van der Waals surface area (Å²) in [6.45, 7) is 3.83. The summed E-state index contributed by atoms with van der Waals surface area (Å²) in [6.07, 6.45) is 2.54. The Bertz CT molecular complexity index is 569. The van der Waals surface area contributed by atoms with Crippen LogP contribution in [0.2, 0.25) is 0 Å². The van der Waals surface area contributed by atoms with Gasteiger partial charge in [-0.1, -0.05) is 18.3 Å². The number of hydrogen-bond acceptors (Lipinski definition) is 6. The molecule has 1 atom stereocenters. The van der Waals surface area contributed by atoms with Gasteiger partial charge in [-0.3, -0.25) is 4.79 Å². The number of hydrogen-bond donors (Lipinski definition) is 1. The molecule has 1 unspecified atom stereocenters. The smallest absolute Gasteiger partial charge is 0.272 e. The van der Waals surface area contributed by atoms with E-state index in [9.17, 15) is 13.2 Å². The third-order valence-electron chi connectivity index (χ3n) is 3.01. The van der Waals surface area contributed by atoms with Crippen LogP contribution in [0.4, 0.5) is 5.13 Å². The standard InChI is InChI=1S/C10H16N4O3S2/c1-3-8-5-4-6-14(8)19(16,17)10-13-12-9(18-10)11-7(2)15/h8H,3-6H2,1-2H3,(H,11,12,15). The highest BCUT2D eigenvalue weighted by molar-refractivity contribution is 7.91. The van der Waals surface area contributed by atoms with Gasteiger partial charge >= 0.3 is 0 Å². The number of sulfonamides is 1. The second kappa shape index (κ2) is 5.51. The molecule has 19 heavy (non-hydrogen) atoms. The van der Waals surface area contributed by atoms with Gasteiger partial charge in [0.2, 0.25) is 15.4 Å². The van der Waals surface area contributed by atoms with E-state index in [1.807, 2.05) is 6.92 Å². The molecule has 1 aliphatic heterocycles. The zero-order valence-corrected chi connectivity index (χ0v) is 12.4. The molecule has 2 rings (SSSR count). The quantitative estimate of drug-likeness (QED) is 0.840. The van der Waals surface area contributed by atoms with Crippen molar-refractivity contribution in [1.82, 2.24) is 14.5 Å². The van der Waals surface area contributed by atoms with Crippen LogP contribution in [0, 0.1) is 0 Å². The lowest BCUT2D eigenvalue weighted by Crippen LogP contribution is -2.35. The maximum Gasteiger partial charge on any atom is 0.272 e. The second-order valence-corrected chi connectivity index (χ2v) is 7.42. The lowest BCUT2D eigenvalue weighted by atomic mass is 10.2. The fourth-order valence-electron chi connectivity index (χ4n) is 2.15. The van der Waals surface area contributed by atoms with E-state index in [0.717, 1.165) is 30.6 Å². The zero-order valence-electron chi connectivity index (χ0n) is 10.8. The molecule has 1 saturated heterocycles. The Kier molecular flexibility index (Phi) is 4.16. The molecule has 1 aromatic heterocycles. The molecule has 1 fully saturated rings. The summed E-state index contributed by atoms with van der Waals surface area (Å²) in [6, 6.07) is 0.0399. The number of carbonyl (C=O) groups is 1. The van der Waals surface area contributed by atoms with Gasteiger partial charge < -0.3 is 5.32 Å². The van der Waals surface area contributed by atoms with Crippen LogP contribution < -0.4 is 5.32 Å². The summed E-state index contributed by atoms with van der Waals surface area (Å²) in [5.74, 6) is -0.298. The molecule has 0 spiro atoms. The van der Waals surface area contributed by atoms with Crippen LogP contribution in [0.25, 0.3) is 0 Å². The van der Waals surface area contributed by atoms with Gasteiger partial charge in [0.25, 0.3) is 10.0 Å². The van der Waals surface area contributed by atoms with E-state index < -0.39 is 10.0 Å². The normalized spacial score (nSPS) is 20.6. The molecule has 2 heterocycles. The lowest BCUT2D eigenvalue weighted by Gasteiger charge is -2.20. The number of nitrogens with zero attached hydrogens (tertiary/aromatic N) is 3. The molecule has 0 saturated carbocycles. The Hall–Kier alpha value is -1.06. The number of aromatic nitrogens is 2. The fraction of sp³-hybridized carbons (Fsp3) is 0.700. The van der Waals surface area contributed by atoms with Crippen LogP contribution >= 0.6 is 11.3 Å². The molecule has 0 bridgehead atoms. The minimum atomic E-state index is -3.59. The minimum Gasteiger partial charge on any atom is -0.301 e. The van der Waals surface area contributed by atoms with Crippen LogP contribution in [0.15, 0.2) is 4.34 Å². The van der Waals surface area contributed by atoms with E-state index in [1.165, 1.54) is 11.2 Å². The average Bonchev–Trinajstić information content (AvgIpc) is 2.95. The van der Waals surface area contributed by atoms with Crippen molar-refractivity contribution in [3.05, 3.63) is 0 Å². The van der Waals surface area contributed by atoms with Gasteiger partial charge in [-0.05, 0) is 19.3 Å². The van der Waals surface area contributed by atoms with E-state index in [1.54, 1.807) is 0 Å². The molecular formula is C10H16N4O3S2. The van der Waals surface area contributed by atoms with E-state index in [2.05, 4.69) is 15.5 Å². The van der Waals surface area contributed by atoms with Gasteiger partial charge in [-0.2, -0.15) is 4.31 Å². The molecule has 1 N–H and O–H groups in total. The first-order valence-electron chi connectivity index (χ1n) is 6.08. The summed E-state index contributed by atoms with van der Waals surface area (Å²) < 4.78 is 26.3. The van der Waals surface area contributed by atoms with E-state index in [4.69, 9.17) is 0 Å². The van der Waals surface area contributed by atoms with E-state index in [-0.39, 0.29) is 21.4 Å². The highest BCUT2D eigenvalue weighted by Crippen LogP contribution is 2.30. The molecule has 0 aliphatic carbocycles. The molecular weight excluding hydrogens is 288 g/mol. The van der Waals surface area contributed by atoms with Gasteiger partial charge in [-0.15, -0.1) is 10.2 Å². The molecule has 106 valence electrons. The van der Waals surface area contributed by atoms with Crippen LogP contribution in [-0.2, 0) is 14.8 Å². The van der Waals surface area contributed by atoms with Crippen LogP contribution in [0.3, 0.4) is 0 Å². The van der Waals surface area contributed by atoms with Gasteiger partial charge in [0, 0.05) is 19.5 Å². The minimum absolute atomic E-state index is 0.0399. The lowest BCUT2D eigenvalue weighted by molar-refractivity contribution is -0.114. The molecule has 1 amide bonds.